The minimum absolute atomic E-state index is 0.0532. The first kappa shape index (κ1) is 22.1. The van der Waals surface area contributed by atoms with E-state index < -0.39 is 4.92 Å². The second-order valence-corrected chi connectivity index (χ2v) is 9.31. The number of rotatable bonds is 7. The van der Waals surface area contributed by atoms with E-state index in [9.17, 15) is 10.1 Å². The molecule has 0 saturated carbocycles. The fourth-order valence-electron chi connectivity index (χ4n) is 3.85. The van der Waals surface area contributed by atoms with Crippen LogP contribution in [0, 0.1) is 10.1 Å². The summed E-state index contributed by atoms with van der Waals surface area (Å²) in [7, 11) is 3.24. The van der Waals surface area contributed by atoms with Gasteiger partial charge in [-0.3, -0.25) is 10.1 Å². The highest BCUT2D eigenvalue weighted by Crippen LogP contribution is 2.42. The van der Waals surface area contributed by atoms with Crippen LogP contribution in [0.1, 0.15) is 22.9 Å². The van der Waals surface area contributed by atoms with Crippen molar-refractivity contribution in [1.82, 2.24) is 4.98 Å². The van der Waals surface area contributed by atoms with E-state index in [4.69, 9.17) is 19.6 Å². The number of hydrazone groups is 1. The smallest absolute Gasteiger partial charge is 0.269 e. The minimum Gasteiger partial charge on any atom is -0.493 e. The van der Waals surface area contributed by atoms with E-state index in [0.29, 0.717) is 11.5 Å². The summed E-state index contributed by atoms with van der Waals surface area (Å²) in [6.45, 7) is 0. The van der Waals surface area contributed by atoms with Crippen molar-refractivity contribution in [3.63, 3.8) is 0 Å². The first-order valence-electron chi connectivity index (χ1n) is 10.4. The lowest BCUT2D eigenvalue weighted by atomic mass is 10.0. The highest BCUT2D eigenvalue weighted by atomic mass is 32.1. The van der Waals surface area contributed by atoms with Crippen LogP contribution in [0.4, 0.5) is 10.8 Å². The number of hydrogen-bond acceptors (Lipinski definition) is 9. The lowest BCUT2D eigenvalue weighted by Crippen LogP contribution is -2.18. The molecule has 10 heteroatoms. The maximum atomic E-state index is 11.0. The van der Waals surface area contributed by atoms with Gasteiger partial charge in [0.25, 0.3) is 5.69 Å². The average Bonchev–Trinajstić information content (AvgIpc) is 3.63. The molecule has 2 aromatic heterocycles. The third-order valence-corrected chi connectivity index (χ3v) is 7.32. The van der Waals surface area contributed by atoms with E-state index in [-0.39, 0.29) is 11.7 Å². The summed E-state index contributed by atoms with van der Waals surface area (Å²) >= 11 is 3.15. The van der Waals surface area contributed by atoms with Gasteiger partial charge in [0.1, 0.15) is 0 Å². The Bertz CT molecular complexity index is 1350. The molecule has 0 bridgehead atoms. The summed E-state index contributed by atoms with van der Waals surface area (Å²) in [5.74, 6) is 1.33. The Labute approximate surface area is 203 Å². The second-order valence-electron chi connectivity index (χ2n) is 7.52. The van der Waals surface area contributed by atoms with Gasteiger partial charge in [0.2, 0.25) is 5.13 Å². The van der Waals surface area contributed by atoms with Crippen molar-refractivity contribution in [1.29, 1.82) is 0 Å². The molecule has 2 aromatic carbocycles. The van der Waals surface area contributed by atoms with E-state index in [2.05, 4.69) is 6.07 Å². The van der Waals surface area contributed by atoms with Crippen molar-refractivity contribution >= 4 is 39.2 Å². The summed E-state index contributed by atoms with van der Waals surface area (Å²) in [5, 5.41) is 22.6. The number of nitro benzene ring substituents is 1. The van der Waals surface area contributed by atoms with Crippen LogP contribution in [0.5, 0.6) is 11.5 Å². The fourth-order valence-corrected chi connectivity index (χ4v) is 5.41. The first-order valence-corrected chi connectivity index (χ1v) is 12.2. The maximum absolute atomic E-state index is 11.0. The van der Waals surface area contributed by atoms with Gasteiger partial charge in [-0.25, -0.2) is 9.99 Å². The number of thiazole rings is 1. The van der Waals surface area contributed by atoms with Gasteiger partial charge in [-0.1, -0.05) is 12.1 Å². The first-order chi connectivity index (χ1) is 16.6. The Balaban J connectivity index is 1.51. The Morgan fingerprint density at radius 3 is 2.53 bits per heavy atom. The van der Waals surface area contributed by atoms with Crippen molar-refractivity contribution in [3.8, 4) is 22.8 Å². The van der Waals surface area contributed by atoms with Gasteiger partial charge in [-0.2, -0.15) is 5.10 Å². The number of anilines is 1. The summed E-state index contributed by atoms with van der Waals surface area (Å²) in [4.78, 5) is 16.5. The number of hydrogen-bond donors (Lipinski definition) is 0. The van der Waals surface area contributed by atoms with Crippen LogP contribution >= 0.6 is 22.7 Å². The molecule has 0 amide bonds. The molecule has 172 valence electrons. The zero-order chi connectivity index (χ0) is 23.7. The van der Waals surface area contributed by atoms with Crippen LogP contribution in [0.3, 0.4) is 0 Å². The molecule has 0 radical (unpaired) electrons. The quantitative estimate of drug-likeness (QED) is 0.227. The molecule has 3 heterocycles. The molecule has 0 N–H and O–H groups in total. The summed E-state index contributed by atoms with van der Waals surface area (Å²) in [6.07, 6.45) is 0.725. The van der Waals surface area contributed by atoms with Crippen molar-refractivity contribution in [2.45, 2.75) is 12.5 Å². The fraction of sp³-hybridized carbons (Fsp3) is 0.167. The molecule has 0 fully saturated rings. The Kier molecular flexibility index (Phi) is 5.99. The van der Waals surface area contributed by atoms with E-state index in [1.807, 2.05) is 40.0 Å². The largest absolute Gasteiger partial charge is 0.493 e. The number of nitrogens with zero attached hydrogens (tertiary/aromatic N) is 4. The van der Waals surface area contributed by atoms with E-state index in [1.54, 1.807) is 37.7 Å². The van der Waals surface area contributed by atoms with Crippen LogP contribution in [0.15, 0.2) is 70.5 Å². The summed E-state index contributed by atoms with van der Waals surface area (Å²) in [5.41, 5.74) is 3.66. The van der Waals surface area contributed by atoms with E-state index >= 15 is 0 Å². The molecule has 0 unspecified atom stereocenters. The number of aromatic nitrogens is 1. The van der Waals surface area contributed by atoms with Crippen molar-refractivity contribution in [2.75, 3.05) is 19.2 Å². The van der Waals surface area contributed by atoms with Gasteiger partial charge in [0, 0.05) is 29.5 Å². The van der Waals surface area contributed by atoms with E-state index in [1.165, 1.54) is 23.5 Å². The molecular formula is C24H20N4O4S2. The monoisotopic (exact) mass is 492 g/mol. The maximum Gasteiger partial charge on any atom is 0.269 e. The number of ether oxygens (including phenoxy) is 2. The molecule has 4 aromatic rings. The molecular weight excluding hydrogens is 472 g/mol. The Hall–Kier alpha value is -3.76. The molecule has 8 nitrogen and oxygen atoms in total. The van der Waals surface area contributed by atoms with Crippen LogP contribution in [-0.2, 0) is 0 Å². The number of non-ortho nitro benzene ring substituents is 1. The van der Waals surface area contributed by atoms with Crippen molar-refractivity contribution < 1.29 is 14.4 Å². The molecule has 0 aliphatic carbocycles. The van der Waals surface area contributed by atoms with Gasteiger partial charge in [-0.15, -0.1) is 22.7 Å². The normalized spacial score (nSPS) is 15.3. The zero-order valence-corrected chi connectivity index (χ0v) is 20.0. The number of thiophene rings is 1. The van der Waals surface area contributed by atoms with Gasteiger partial charge in [0.15, 0.2) is 11.5 Å². The van der Waals surface area contributed by atoms with E-state index in [0.717, 1.165) is 39.0 Å². The lowest BCUT2D eigenvalue weighted by Gasteiger charge is -2.22. The highest BCUT2D eigenvalue weighted by molar-refractivity contribution is 7.14. The van der Waals surface area contributed by atoms with Gasteiger partial charge < -0.3 is 9.47 Å². The lowest BCUT2D eigenvalue weighted by molar-refractivity contribution is -0.384. The Morgan fingerprint density at radius 2 is 1.85 bits per heavy atom. The zero-order valence-electron chi connectivity index (χ0n) is 18.4. The van der Waals surface area contributed by atoms with Gasteiger partial charge >= 0.3 is 0 Å². The number of benzene rings is 2. The third-order valence-electron chi connectivity index (χ3n) is 5.57. The summed E-state index contributed by atoms with van der Waals surface area (Å²) < 4.78 is 10.9. The van der Waals surface area contributed by atoms with Crippen LogP contribution in [0.2, 0.25) is 0 Å². The minimum atomic E-state index is -0.408. The molecule has 0 saturated heterocycles. The van der Waals surface area contributed by atoms with Crippen LogP contribution < -0.4 is 14.5 Å². The predicted octanol–water partition coefficient (Wildman–Crippen LogP) is 6.15. The van der Waals surface area contributed by atoms with Gasteiger partial charge in [-0.05, 0) is 41.3 Å². The van der Waals surface area contributed by atoms with Crippen LogP contribution in [-0.4, -0.2) is 29.8 Å². The Morgan fingerprint density at radius 1 is 1.06 bits per heavy atom. The predicted molar refractivity (Wildman–Crippen MR) is 134 cm³/mol. The highest BCUT2D eigenvalue weighted by Gasteiger charge is 2.32. The average molecular weight is 493 g/mol. The molecule has 34 heavy (non-hydrogen) atoms. The second kappa shape index (κ2) is 9.24. The number of methoxy groups -OCH3 is 2. The topological polar surface area (TPSA) is 90.1 Å². The van der Waals surface area contributed by atoms with Crippen molar-refractivity contribution in [3.05, 3.63) is 85.9 Å². The number of nitro groups is 1. The molecule has 1 atom stereocenters. The molecule has 1 aliphatic rings. The van der Waals surface area contributed by atoms with Crippen molar-refractivity contribution in [2.24, 2.45) is 5.10 Å². The van der Waals surface area contributed by atoms with Gasteiger partial charge in [0.05, 0.1) is 41.5 Å². The van der Waals surface area contributed by atoms with Crippen LogP contribution in [0.25, 0.3) is 11.3 Å². The SMILES string of the molecule is COc1ccc([C@H]2CC(c3cccs3)=NN2c2nc(-c3ccc([N+](=O)[O-])cc3)cs2)cc1OC. The molecule has 0 spiro atoms. The molecule has 5 rings (SSSR count). The summed E-state index contributed by atoms with van der Waals surface area (Å²) in [6, 6.07) is 16.3. The standard InChI is InChI=1S/C24H20N4O4S2/c1-31-21-10-7-16(12-22(21)32-2)20-13-18(23-4-3-11-33-23)26-27(20)24-25-19(14-34-24)15-5-8-17(9-6-15)28(29)30/h3-12,14,20H,13H2,1-2H3/t20-/m1/s1. The third kappa shape index (κ3) is 4.13. The molecule has 1 aliphatic heterocycles.